The van der Waals surface area contributed by atoms with E-state index in [2.05, 4.69) is 22.2 Å². The molecule has 0 spiro atoms. The quantitative estimate of drug-likeness (QED) is 0.551. The lowest BCUT2D eigenvalue weighted by molar-refractivity contribution is 0.0967. The number of anilines is 1. The first kappa shape index (κ1) is 24.5. The largest absolute Gasteiger partial charge is 0.497 e. The molecule has 2 aromatic rings. The van der Waals surface area contributed by atoms with Gasteiger partial charge in [-0.3, -0.25) is 9.59 Å². The Morgan fingerprint density at radius 3 is 2.15 bits per heavy atom. The topological polar surface area (TPSA) is 80.3 Å². The van der Waals surface area contributed by atoms with Crippen LogP contribution in [0.15, 0.2) is 36.4 Å². The van der Waals surface area contributed by atoms with Crippen LogP contribution >= 0.6 is 0 Å². The third-order valence-corrected chi connectivity index (χ3v) is 5.90. The highest BCUT2D eigenvalue weighted by atomic mass is 16.5. The van der Waals surface area contributed by atoms with E-state index in [0.29, 0.717) is 40.5 Å². The number of nitrogens with zero attached hydrogens (tertiary/aromatic N) is 2. The van der Waals surface area contributed by atoms with Crippen molar-refractivity contribution < 1.29 is 23.8 Å². The van der Waals surface area contributed by atoms with Crippen molar-refractivity contribution in [3.8, 4) is 17.2 Å². The normalized spacial score (nSPS) is 14.5. The number of nitrogens with one attached hydrogen (secondary N) is 1. The second-order valence-electron chi connectivity index (χ2n) is 8.11. The lowest BCUT2D eigenvalue weighted by Gasteiger charge is -2.32. The Morgan fingerprint density at radius 2 is 1.55 bits per heavy atom. The summed E-state index contributed by atoms with van der Waals surface area (Å²) in [5.74, 6) is 1.18. The van der Waals surface area contributed by atoms with E-state index in [1.807, 2.05) is 0 Å². The molecular formula is C25H33N3O5. The van der Waals surface area contributed by atoms with Crippen LogP contribution < -0.4 is 19.5 Å². The fourth-order valence-electron chi connectivity index (χ4n) is 3.82. The predicted molar refractivity (Wildman–Crippen MR) is 128 cm³/mol. The minimum absolute atomic E-state index is 0.0462. The Morgan fingerprint density at radius 1 is 0.909 bits per heavy atom. The zero-order valence-electron chi connectivity index (χ0n) is 19.8. The summed E-state index contributed by atoms with van der Waals surface area (Å²) in [6.07, 6.45) is 1.13. The fraction of sp³-hybridized carbons (Fsp3) is 0.440. The lowest BCUT2D eigenvalue weighted by atomic mass is 10.0. The molecule has 2 aromatic carbocycles. The number of hydrogen-bond donors (Lipinski definition) is 1. The average molecular weight is 456 g/mol. The number of methoxy groups -OCH3 is 3. The van der Waals surface area contributed by atoms with E-state index >= 15 is 0 Å². The van der Waals surface area contributed by atoms with Gasteiger partial charge in [0, 0.05) is 49.8 Å². The number of amides is 1. The number of piperazine rings is 1. The van der Waals surface area contributed by atoms with Gasteiger partial charge in [-0.25, -0.2) is 0 Å². The van der Waals surface area contributed by atoms with Crippen molar-refractivity contribution in [1.82, 2.24) is 9.80 Å². The van der Waals surface area contributed by atoms with Gasteiger partial charge < -0.3 is 29.3 Å². The van der Waals surface area contributed by atoms with Crippen LogP contribution in [0.25, 0.3) is 0 Å². The van der Waals surface area contributed by atoms with Crippen molar-refractivity contribution in [3.05, 3.63) is 47.5 Å². The standard InChI is InChI=1S/C25H33N3O5/c1-27-12-14-28(15-13-27)11-5-6-22(29)20-16-23(32-3)24(33-4)17-21(20)26-25(30)18-7-9-19(31-2)10-8-18/h7-10,16-17H,5-6,11-15H2,1-4H3,(H,26,30). The van der Waals surface area contributed by atoms with E-state index in [1.165, 1.54) is 14.2 Å². The van der Waals surface area contributed by atoms with Crippen LogP contribution in [-0.2, 0) is 0 Å². The van der Waals surface area contributed by atoms with Crippen LogP contribution in [0.2, 0.25) is 0 Å². The second-order valence-corrected chi connectivity index (χ2v) is 8.11. The van der Waals surface area contributed by atoms with Gasteiger partial charge in [-0.05, 0) is 50.3 Å². The van der Waals surface area contributed by atoms with Crippen molar-refractivity contribution in [2.45, 2.75) is 12.8 Å². The number of rotatable bonds is 10. The number of benzene rings is 2. The molecule has 3 rings (SSSR count). The molecule has 0 aromatic heterocycles. The number of likely N-dealkylation sites (N-methyl/N-ethyl adjacent to an activating group) is 1. The zero-order valence-corrected chi connectivity index (χ0v) is 19.8. The summed E-state index contributed by atoms with van der Waals surface area (Å²) in [5.41, 5.74) is 1.27. The van der Waals surface area contributed by atoms with E-state index in [4.69, 9.17) is 14.2 Å². The molecule has 0 bridgehead atoms. The Balaban J connectivity index is 1.74. The highest BCUT2D eigenvalue weighted by Crippen LogP contribution is 2.34. The summed E-state index contributed by atoms with van der Waals surface area (Å²) >= 11 is 0. The minimum atomic E-state index is -0.323. The molecule has 178 valence electrons. The van der Waals surface area contributed by atoms with Crippen molar-refractivity contribution in [1.29, 1.82) is 0 Å². The van der Waals surface area contributed by atoms with Crippen molar-refractivity contribution in [2.75, 3.05) is 66.4 Å². The molecular weight excluding hydrogens is 422 g/mol. The highest BCUT2D eigenvalue weighted by molar-refractivity contribution is 6.10. The Kier molecular flexibility index (Phi) is 8.68. The van der Waals surface area contributed by atoms with Crippen LogP contribution in [0.4, 0.5) is 5.69 Å². The molecule has 1 heterocycles. The molecule has 8 heteroatoms. The number of carbonyl (C=O) groups is 2. The third-order valence-electron chi connectivity index (χ3n) is 5.90. The molecule has 0 aliphatic carbocycles. The van der Waals surface area contributed by atoms with Crippen LogP contribution in [0.3, 0.4) is 0 Å². The summed E-state index contributed by atoms with van der Waals surface area (Å²) < 4.78 is 15.9. The predicted octanol–water partition coefficient (Wildman–Crippen LogP) is 3.18. The Bertz CT molecular complexity index is 953. The van der Waals surface area contributed by atoms with E-state index in [1.54, 1.807) is 43.5 Å². The SMILES string of the molecule is COc1ccc(C(=O)Nc2cc(OC)c(OC)cc2C(=O)CCCN2CCN(C)CC2)cc1. The smallest absolute Gasteiger partial charge is 0.255 e. The first-order valence-electron chi connectivity index (χ1n) is 11.1. The third kappa shape index (κ3) is 6.46. The molecule has 8 nitrogen and oxygen atoms in total. The zero-order chi connectivity index (χ0) is 23.8. The van der Waals surface area contributed by atoms with Crippen molar-refractivity contribution >= 4 is 17.4 Å². The molecule has 0 atom stereocenters. The first-order valence-corrected chi connectivity index (χ1v) is 11.1. The van der Waals surface area contributed by atoms with Crippen LogP contribution in [-0.4, -0.2) is 82.6 Å². The second kappa shape index (κ2) is 11.7. The van der Waals surface area contributed by atoms with Gasteiger partial charge in [-0.15, -0.1) is 0 Å². The molecule has 1 aliphatic rings. The molecule has 0 unspecified atom stereocenters. The van der Waals surface area contributed by atoms with E-state index < -0.39 is 0 Å². The van der Waals surface area contributed by atoms with E-state index in [-0.39, 0.29) is 11.7 Å². The molecule has 33 heavy (non-hydrogen) atoms. The number of carbonyl (C=O) groups excluding carboxylic acids is 2. The van der Waals surface area contributed by atoms with Gasteiger partial charge in [0.1, 0.15) is 5.75 Å². The maximum atomic E-state index is 13.1. The van der Waals surface area contributed by atoms with Crippen molar-refractivity contribution in [2.24, 2.45) is 0 Å². The molecule has 1 aliphatic heterocycles. The Labute approximate surface area is 195 Å². The fourth-order valence-corrected chi connectivity index (χ4v) is 3.82. The van der Waals surface area contributed by atoms with Crippen LogP contribution in [0.5, 0.6) is 17.2 Å². The van der Waals surface area contributed by atoms with E-state index in [9.17, 15) is 9.59 Å². The van der Waals surface area contributed by atoms with E-state index in [0.717, 1.165) is 39.1 Å². The maximum Gasteiger partial charge on any atom is 0.255 e. The van der Waals surface area contributed by atoms with Gasteiger partial charge in [0.05, 0.1) is 27.0 Å². The van der Waals surface area contributed by atoms with Gasteiger partial charge in [0.15, 0.2) is 17.3 Å². The molecule has 1 N–H and O–H groups in total. The number of ketones is 1. The summed E-state index contributed by atoms with van der Waals surface area (Å²) in [7, 11) is 6.74. The van der Waals surface area contributed by atoms with Gasteiger partial charge >= 0.3 is 0 Å². The summed E-state index contributed by atoms with van der Waals surface area (Å²) in [5, 5.41) is 2.86. The lowest BCUT2D eigenvalue weighted by Crippen LogP contribution is -2.44. The summed E-state index contributed by atoms with van der Waals surface area (Å²) in [4.78, 5) is 30.7. The van der Waals surface area contributed by atoms with Crippen LogP contribution in [0.1, 0.15) is 33.6 Å². The molecule has 0 radical (unpaired) electrons. The number of hydrogen-bond acceptors (Lipinski definition) is 7. The molecule has 0 saturated carbocycles. The molecule has 1 saturated heterocycles. The van der Waals surface area contributed by atoms with Crippen molar-refractivity contribution in [3.63, 3.8) is 0 Å². The van der Waals surface area contributed by atoms with Crippen LogP contribution in [0, 0.1) is 0 Å². The van der Waals surface area contributed by atoms with Gasteiger partial charge in [-0.1, -0.05) is 0 Å². The van der Waals surface area contributed by atoms with Gasteiger partial charge in [0.2, 0.25) is 0 Å². The maximum absolute atomic E-state index is 13.1. The number of Topliss-reactive ketones (excluding diaryl/α,β-unsaturated/α-hetero) is 1. The molecule has 1 amide bonds. The Hall–Kier alpha value is -3.10. The average Bonchev–Trinajstić information content (AvgIpc) is 2.84. The summed E-state index contributed by atoms with van der Waals surface area (Å²) in [6.45, 7) is 5.01. The first-order chi connectivity index (χ1) is 15.9. The minimum Gasteiger partial charge on any atom is -0.497 e. The van der Waals surface area contributed by atoms with Gasteiger partial charge in [-0.2, -0.15) is 0 Å². The molecule has 1 fully saturated rings. The monoisotopic (exact) mass is 455 g/mol. The summed E-state index contributed by atoms with van der Waals surface area (Å²) in [6, 6.07) is 10.1. The number of ether oxygens (including phenoxy) is 3. The van der Waals surface area contributed by atoms with Gasteiger partial charge in [0.25, 0.3) is 5.91 Å². The highest BCUT2D eigenvalue weighted by Gasteiger charge is 2.20.